The largest absolute Gasteiger partial charge is 0.392 e. The van der Waals surface area contributed by atoms with Gasteiger partial charge in [-0.05, 0) is 48.1 Å². The second-order valence-corrected chi connectivity index (χ2v) is 8.28. The number of aliphatic hydroxyl groups is 1. The second-order valence-electron chi connectivity index (χ2n) is 7.87. The molecular weight excluding hydrogens is 370 g/mol. The van der Waals surface area contributed by atoms with E-state index in [0.717, 1.165) is 54.3 Å². The van der Waals surface area contributed by atoms with E-state index in [0.29, 0.717) is 6.04 Å². The summed E-state index contributed by atoms with van der Waals surface area (Å²) in [5, 5.41) is 10.2. The number of nitrogens with one attached hydrogen (secondary N) is 1. The lowest BCUT2D eigenvalue weighted by atomic mass is 9.86. The molecule has 1 atom stereocenters. The molecule has 0 amide bonds. The third kappa shape index (κ3) is 3.26. The zero-order valence-electron chi connectivity index (χ0n) is 15.8. The highest BCUT2D eigenvalue weighted by molar-refractivity contribution is 6.33. The average Bonchev–Trinajstić information content (AvgIpc) is 3.16. The van der Waals surface area contributed by atoms with Crippen LogP contribution in [0.15, 0.2) is 42.5 Å². The number of hydrogen-bond acceptors (Lipinski definition) is 3. The van der Waals surface area contributed by atoms with Gasteiger partial charge in [-0.2, -0.15) is 0 Å². The Morgan fingerprint density at radius 1 is 1.14 bits per heavy atom. The first-order valence-electron chi connectivity index (χ1n) is 9.99. The molecule has 0 spiro atoms. The number of rotatable bonds is 3. The number of benzene rings is 2. The minimum absolute atomic E-state index is 0.115. The van der Waals surface area contributed by atoms with Gasteiger partial charge in [0.05, 0.1) is 23.0 Å². The van der Waals surface area contributed by atoms with Crippen LogP contribution in [0, 0.1) is 0 Å². The van der Waals surface area contributed by atoms with Crippen LogP contribution < -0.4 is 0 Å². The number of H-pyrrole nitrogens is 1. The van der Waals surface area contributed by atoms with Gasteiger partial charge in [0.2, 0.25) is 0 Å². The molecule has 0 saturated carbocycles. The van der Waals surface area contributed by atoms with Gasteiger partial charge in [-0.25, -0.2) is 4.98 Å². The molecule has 4 nitrogen and oxygen atoms in total. The number of halogens is 1. The maximum Gasteiger partial charge on any atom is 0.139 e. The van der Waals surface area contributed by atoms with E-state index in [4.69, 9.17) is 16.6 Å². The number of aromatic amines is 1. The van der Waals surface area contributed by atoms with Crippen LogP contribution in [-0.2, 0) is 32.4 Å². The number of aryl methyl sites for hydroxylation is 1. The molecule has 0 radical (unpaired) electrons. The maximum atomic E-state index is 9.45. The normalized spacial score (nSPS) is 19.3. The van der Waals surface area contributed by atoms with Crippen molar-refractivity contribution in [2.75, 3.05) is 6.54 Å². The molecule has 5 heteroatoms. The lowest BCUT2D eigenvalue weighted by Crippen LogP contribution is -2.42. The van der Waals surface area contributed by atoms with Crippen molar-refractivity contribution in [2.24, 2.45) is 0 Å². The van der Waals surface area contributed by atoms with Crippen molar-refractivity contribution in [3.63, 3.8) is 0 Å². The molecule has 28 heavy (non-hydrogen) atoms. The number of aromatic nitrogens is 2. The predicted molar refractivity (Wildman–Crippen MR) is 111 cm³/mol. The summed E-state index contributed by atoms with van der Waals surface area (Å²) in [6.45, 7) is 2.07. The highest BCUT2D eigenvalue weighted by atomic mass is 35.5. The van der Waals surface area contributed by atoms with Crippen molar-refractivity contribution in [2.45, 2.75) is 44.9 Å². The molecule has 0 fully saturated rings. The van der Waals surface area contributed by atoms with Crippen LogP contribution in [0.3, 0.4) is 0 Å². The van der Waals surface area contributed by atoms with Crippen LogP contribution in [-0.4, -0.2) is 32.6 Å². The van der Waals surface area contributed by atoms with Gasteiger partial charge in [0.1, 0.15) is 5.82 Å². The van der Waals surface area contributed by atoms with Crippen molar-refractivity contribution in [1.82, 2.24) is 14.9 Å². The Morgan fingerprint density at radius 3 is 2.89 bits per heavy atom. The molecule has 2 aliphatic rings. The quantitative estimate of drug-likeness (QED) is 0.703. The van der Waals surface area contributed by atoms with Crippen molar-refractivity contribution in [3.05, 3.63) is 75.6 Å². The number of fused-ring (bicyclic) bond motifs is 2. The van der Waals surface area contributed by atoms with E-state index in [1.54, 1.807) is 0 Å². The van der Waals surface area contributed by atoms with Crippen LogP contribution in [0.1, 0.15) is 34.5 Å². The topological polar surface area (TPSA) is 52.1 Å². The molecule has 1 aliphatic carbocycles. The first-order valence-corrected chi connectivity index (χ1v) is 10.4. The molecule has 2 aromatic carbocycles. The summed E-state index contributed by atoms with van der Waals surface area (Å²) in [6.07, 6.45) is 4.33. The summed E-state index contributed by atoms with van der Waals surface area (Å²) in [5.41, 5.74) is 7.20. The van der Waals surface area contributed by atoms with Crippen molar-refractivity contribution >= 4 is 11.6 Å². The predicted octanol–water partition coefficient (Wildman–Crippen LogP) is 4.14. The summed E-state index contributed by atoms with van der Waals surface area (Å²) < 4.78 is 0. The minimum atomic E-state index is 0.115. The SMILES string of the molecule is OCc1ccc2c(c1)CC(N1CCc3nc(-c4ccccc4Cl)[nH]c3C1)CC2. The van der Waals surface area contributed by atoms with Gasteiger partial charge >= 0.3 is 0 Å². The van der Waals surface area contributed by atoms with Gasteiger partial charge in [-0.15, -0.1) is 0 Å². The Labute approximate surface area is 170 Å². The Hall–Kier alpha value is -2.14. The van der Waals surface area contributed by atoms with Crippen molar-refractivity contribution in [1.29, 1.82) is 0 Å². The van der Waals surface area contributed by atoms with E-state index < -0.39 is 0 Å². The molecule has 144 valence electrons. The van der Waals surface area contributed by atoms with Crippen LogP contribution in [0.2, 0.25) is 5.02 Å². The smallest absolute Gasteiger partial charge is 0.139 e. The third-order valence-corrected chi connectivity index (χ3v) is 6.49. The molecule has 1 unspecified atom stereocenters. The van der Waals surface area contributed by atoms with E-state index in [2.05, 4.69) is 22.0 Å². The minimum Gasteiger partial charge on any atom is -0.392 e. The fourth-order valence-corrected chi connectivity index (χ4v) is 4.83. The first-order chi connectivity index (χ1) is 13.7. The van der Waals surface area contributed by atoms with E-state index in [-0.39, 0.29) is 6.61 Å². The maximum absolute atomic E-state index is 9.45. The van der Waals surface area contributed by atoms with Gasteiger partial charge in [0.25, 0.3) is 0 Å². The number of imidazole rings is 1. The zero-order valence-corrected chi connectivity index (χ0v) is 16.5. The van der Waals surface area contributed by atoms with Gasteiger partial charge in [0.15, 0.2) is 0 Å². The summed E-state index contributed by atoms with van der Waals surface area (Å²) in [7, 11) is 0. The van der Waals surface area contributed by atoms with Crippen LogP contribution in [0.5, 0.6) is 0 Å². The molecular formula is C23H24ClN3O. The molecule has 5 rings (SSSR count). The average molecular weight is 394 g/mol. The summed E-state index contributed by atoms with van der Waals surface area (Å²) >= 11 is 6.36. The van der Waals surface area contributed by atoms with Crippen LogP contribution >= 0.6 is 11.6 Å². The van der Waals surface area contributed by atoms with Crippen LogP contribution in [0.25, 0.3) is 11.4 Å². The van der Waals surface area contributed by atoms with E-state index in [1.165, 1.54) is 28.9 Å². The monoisotopic (exact) mass is 393 g/mol. The number of aliphatic hydroxyl groups excluding tert-OH is 1. The van der Waals surface area contributed by atoms with Crippen molar-refractivity contribution in [3.8, 4) is 11.4 Å². The van der Waals surface area contributed by atoms with Crippen molar-refractivity contribution < 1.29 is 5.11 Å². The lowest BCUT2D eigenvalue weighted by Gasteiger charge is -2.37. The molecule has 0 bridgehead atoms. The highest BCUT2D eigenvalue weighted by Gasteiger charge is 2.29. The molecule has 1 aliphatic heterocycles. The Kier molecular flexibility index (Phi) is 4.71. The fraction of sp³-hybridized carbons (Fsp3) is 0.348. The molecule has 2 heterocycles. The van der Waals surface area contributed by atoms with Gasteiger partial charge in [-0.1, -0.05) is 41.9 Å². The van der Waals surface area contributed by atoms with Crippen LogP contribution in [0.4, 0.5) is 0 Å². The summed E-state index contributed by atoms with van der Waals surface area (Å²) in [4.78, 5) is 10.9. The number of nitrogens with zero attached hydrogens (tertiary/aromatic N) is 2. The molecule has 3 aromatic rings. The highest BCUT2D eigenvalue weighted by Crippen LogP contribution is 2.31. The van der Waals surface area contributed by atoms with Gasteiger partial charge in [-0.3, -0.25) is 4.90 Å². The number of hydrogen-bond donors (Lipinski definition) is 2. The first kappa shape index (κ1) is 17.9. The second kappa shape index (κ2) is 7.36. The van der Waals surface area contributed by atoms with Gasteiger partial charge < -0.3 is 10.1 Å². The molecule has 0 saturated heterocycles. The third-order valence-electron chi connectivity index (χ3n) is 6.16. The van der Waals surface area contributed by atoms with Gasteiger partial charge in [0, 0.05) is 31.1 Å². The summed E-state index contributed by atoms with van der Waals surface area (Å²) in [5.74, 6) is 0.874. The molecule has 1 aromatic heterocycles. The molecule has 2 N–H and O–H groups in total. The summed E-state index contributed by atoms with van der Waals surface area (Å²) in [6, 6.07) is 14.8. The Bertz CT molecular complexity index is 1010. The van der Waals surface area contributed by atoms with E-state index in [1.807, 2.05) is 30.3 Å². The Balaban J connectivity index is 1.36. The van der Waals surface area contributed by atoms with E-state index >= 15 is 0 Å². The van der Waals surface area contributed by atoms with E-state index in [9.17, 15) is 5.11 Å². The zero-order chi connectivity index (χ0) is 19.1. The lowest BCUT2D eigenvalue weighted by molar-refractivity contribution is 0.160. The standard InChI is InChI=1S/C23H24ClN3O/c24-20-4-2-1-3-19(20)23-25-21-9-10-27(13-22(21)26-23)18-8-7-16-6-5-15(14-28)11-17(16)12-18/h1-6,11,18,28H,7-10,12-14H2,(H,25,26). The Morgan fingerprint density at radius 2 is 2.04 bits per heavy atom. The fourth-order valence-electron chi connectivity index (χ4n) is 4.61.